The van der Waals surface area contributed by atoms with E-state index in [1.165, 1.54) is 12.8 Å². The number of alkyl halides is 19. The molecule has 0 aromatic heterocycles. The second-order valence-electron chi connectivity index (χ2n) is 7.04. The Hall–Kier alpha value is 9.12. The van der Waals surface area contributed by atoms with Crippen LogP contribution in [0.25, 0.3) is 0 Å². The molecule has 0 bridgehead atoms. The van der Waals surface area contributed by atoms with Gasteiger partial charge in [-0.25, -0.2) is 0 Å². The summed E-state index contributed by atoms with van der Waals surface area (Å²) in [4.78, 5) is 0. The van der Waals surface area contributed by atoms with Crippen molar-refractivity contribution >= 4 is 303 Å². The van der Waals surface area contributed by atoms with Gasteiger partial charge < -0.3 is 0 Å². The smallest absolute Gasteiger partial charge is 0.0758 e. The molecule has 0 fully saturated rings. The average molecular weight is 1710 g/mol. The minimum absolute atomic E-state index is 0.558. The number of hydrogen-bond acceptors (Lipinski definition) is 0. The summed E-state index contributed by atoms with van der Waals surface area (Å²) >= 11 is 73.5. The van der Waals surface area contributed by atoms with E-state index in [0.717, 1.165) is 19.3 Å². The highest BCUT2D eigenvalue weighted by Crippen LogP contribution is 2.79. The lowest BCUT2D eigenvalue weighted by Crippen LogP contribution is -2.71. The number of unbranched alkanes of at least 4 members (excludes halogenated alkanes) is 3. The maximum absolute atomic E-state index is 3.96. The summed E-state index contributed by atoms with van der Waals surface area (Å²) in [6.07, 6.45) is 5.38. The van der Waals surface area contributed by atoms with Crippen LogP contribution in [0.1, 0.15) is 39.0 Å². The Balaban J connectivity index is 6.76. The molecule has 0 rings (SSSR count). The molecule has 0 radical (unpaired) electrons. The Morgan fingerprint density at radius 1 is 0.382 bits per heavy atom. The molecular weight excluding hydrogens is 1700 g/mol. The standard InChI is InChI=1S/C15H13Br19/c1-2-3-4-5-6-7(16,17)9(19,20)11(23,24)13(27,28)12(25,26)10(21,22)8(18,14(29,30)31)15(32,33)34/h2-6H2,1H3. The average Bonchev–Trinajstić information content (AvgIpc) is 2.61. The zero-order chi connectivity index (χ0) is 28.0. The molecule has 0 saturated heterocycles. The summed E-state index contributed by atoms with van der Waals surface area (Å²) in [7, 11) is 0. The van der Waals surface area contributed by atoms with Crippen molar-refractivity contribution in [1.82, 2.24) is 0 Å². The minimum atomic E-state index is -1.04. The van der Waals surface area contributed by atoms with Gasteiger partial charge in [-0.05, 0) is 6.42 Å². The van der Waals surface area contributed by atoms with Crippen molar-refractivity contribution in [3.8, 4) is 0 Å². The molecule has 0 spiro atoms. The van der Waals surface area contributed by atoms with Gasteiger partial charge in [0.15, 0.2) is 4.29 Å². The van der Waals surface area contributed by atoms with E-state index in [-0.39, 0.29) is 0 Å². The van der Waals surface area contributed by atoms with Gasteiger partial charge in [0.1, 0.15) is 23.7 Å². The second-order valence-corrected chi connectivity index (χ2v) is 42.7. The molecule has 19 heteroatoms. The second kappa shape index (κ2) is 15.3. The van der Waals surface area contributed by atoms with E-state index in [1.54, 1.807) is 0 Å². The third-order valence-corrected chi connectivity index (χ3v) is 38.9. The molecule has 0 unspecified atom stereocenters. The van der Waals surface area contributed by atoms with Crippen molar-refractivity contribution in [2.24, 2.45) is 0 Å². The van der Waals surface area contributed by atoms with Crippen LogP contribution < -0.4 is 0 Å². The molecule has 0 aliphatic heterocycles. The summed E-state index contributed by atoms with van der Waals surface area (Å²) in [6, 6.07) is 0. The molecule has 34 heavy (non-hydrogen) atoms. The van der Waals surface area contributed by atoms with E-state index >= 15 is 0 Å². The third kappa shape index (κ3) is 8.52. The maximum atomic E-state index is 3.96. The van der Waals surface area contributed by atoms with Gasteiger partial charge >= 0.3 is 0 Å². The molecule has 0 amide bonds. The molecule has 0 saturated carbocycles. The van der Waals surface area contributed by atoms with Gasteiger partial charge in [0.05, 0.1) is 0 Å². The van der Waals surface area contributed by atoms with Crippen LogP contribution >= 0.6 is 303 Å². The SMILES string of the molecule is CCCCCCC(Br)(Br)C(Br)(Br)C(Br)(Br)C(Br)(Br)C(Br)(Br)C(Br)(Br)C(Br)(C(Br)(Br)Br)C(Br)(Br)Br. The highest BCUT2D eigenvalue weighted by molar-refractivity contribution is 9.42. The van der Waals surface area contributed by atoms with E-state index in [9.17, 15) is 0 Å². The van der Waals surface area contributed by atoms with Crippen LogP contribution in [0.2, 0.25) is 0 Å². The highest BCUT2D eigenvalue weighted by Gasteiger charge is 2.80. The van der Waals surface area contributed by atoms with Crippen LogP contribution in [-0.2, 0) is 0 Å². The molecule has 0 aliphatic rings. The van der Waals surface area contributed by atoms with E-state index in [0.29, 0.717) is 0 Å². The van der Waals surface area contributed by atoms with Crippen LogP contribution in [0, 0.1) is 0 Å². The highest BCUT2D eigenvalue weighted by atomic mass is 80.0. The molecule has 0 aliphatic carbocycles. The zero-order valence-corrected chi connectivity index (χ0v) is 46.4. The minimum Gasteiger partial charge on any atom is -0.0758 e. The molecule has 0 heterocycles. The normalized spacial score (nSPS) is 16.2. The van der Waals surface area contributed by atoms with E-state index in [2.05, 4.69) is 310 Å². The van der Waals surface area contributed by atoms with Crippen molar-refractivity contribution in [3.05, 3.63) is 0 Å². The Morgan fingerprint density at radius 2 is 0.706 bits per heavy atom. The fourth-order valence-corrected chi connectivity index (χ4v) is 24.3. The summed E-state index contributed by atoms with van der Waals surface area (Å²) in [5.74, 6) is 0. The molecule has 0 aromatic rings. The van der Waals surface area contributed by atoms with Gasteiger partial charge in [-0.3, -0.25) is 0 Å². The fraction of sp³-hybridized carbons (Fsp3) is 1.00. The Bertz CT molecular complexity index is 669. The number of hydrogen-bond donors (Lipinski definition) is 0. The van der Waals surface area contributed by atoms with Gasteiger partial charge in [0.2, 0.25) is 0 Å². The molecule has 206 valence electrons. The predicted octanol–water partition coefficient (Wildman–Crippen LogP) is 16.7. The van der Waals surface area contributed by atoms with Crippen molar-refractivity contribution in [2.45, 2.75) is 67.0 Å². The van der Waals surface area contributed by atoms with Gasteiger partial charge in [-0.1, -0.05) is 335 Å². The zero-order valence-electron chi connectivity index (χ0n) is 16.2. The van der Waals surface area contributed by atoms with Gasteiger partial charge in [-0.15, -0.1) is 0 Å². The molecule has 0 atom stereocenters. The van der Waals surface area contributed by atoms with Gasteiger partial charge in [0.25, 0.3) is 0 Å². The largest absolute Gasteiger partial charge is 0.155 e. The number of halogens is 19. The quantitative estimate of drug-likeness (QED) is 0.143. The summed E-state index contributed by atoms with van der Waals surface area (Å²) in [5.41, 5.74) is 0. The van der Waals surface area contributed by atoms with E-state index < -0.39 is 28.0 Å². The van der Waals surface area contributed by atoms with E-state index in [4.69, 9.17) is 0 Å². The van der Waals surface area contributed by atoms with Gasteiger partial charge in [-0.2, -0.15) is 0 Å². The molecule has 0 aromatic carbocycles. The first-order valence-corrected chi connectivity index (χ1v) is 23.7. The van der Waals surface area contributed by atoms with Crippen LogP contribution in [0.3, 0.4) is 0 Å². The lowest BCUT2D eigenvalue weighted by atomic mass is 10.0. The van der Waals surface area contributed by atoms with Crippen molar-refractivity contribution in [1.29, 1.82) is 0 Å². The van der Waals surface area contributed by atoms with Crippen molar-refractivity contribution < 1.29 is 0 Å². The molecular formula is C15H13Br19. The van der Waals surface area contributed by atoms with Crippen LogP contribution in [0.15, 0.2) is 0 Å². The number of rotatable bonds is 11. The first-order chi connectivity index (χ1) is 14.6. The topological polar surface area (TPSA) is 0 Å². The lowest BCUT2D eigenvalue weighted by Gasteiger charge is -2.60. The van der Waals surface area contributed by atoms with Crippen LogP contribution in [-0.4, -0.2) is 28.0 Å². The lowest BCUT2D eigenvalue weighted by molar-refractivity contribution is 0.516. The molecule has 0 N–H and O–H groups in total. The van der Waals surface area contributed by atoms with Crippen LogP contribution in [0.4, 0.5) is 0 Å². The Kier molecular flexibility index (Phi) is 19.5. The first-order valence-electron chi connectivity index (χ1n) is 8.65. The fourth-order valence-electron chi connectivity index (χ4n) is 2.49. The van der Waals surface area contributed by atoms with E-state index in [1.807, 2.05) is 0 Å². The van der Waals surface area contributed by atoms with Crippen molar-refractivity contribution in [2.75, 3.05) is 0 Å². The summed E-state index contributed by atoms with van der Waals surface area (Å²) in [5, 5.41) is 0. The maximum Gasteiger partial charge on any atom is 0.155 e. The Labute approximate surface area is 361 Å². The molecule has 0 nitrogen and oxygen atoms in total. The summed E-state index contributed by atoms with van der Waals surface area (Å²) < 4.78 is -8.11. The first kappa shape index (κ1) is 43.1. The monoisotopic (exact) mass is 1690 g/mol. The Morgan fingerprint density at radius 3 is 1.03 bits per heavy atom. The van der Waals surface area contributed by atoms with Crippen molar-refractivity contribution in [3.63, 3.8) is 0 Å². The third-order valence-electron chi connectivity index (χ3n) is 4.59. The van der Waals surface area contributed by atoms with Crippen LogP contribution in [0.5, 0.6) is 0 Å². The van der Waals surface area contributed by atoms with Gasteiger partial charge in [0, 0.05) is 0 Å². The summed E-state index contributed by atoms with van der Waals surface area (Å²) in [6.45, 7) is 2.20. The predicted molar refractivity (Wildman–Crippen MR) is 223 cm³/mol.